The quantitative estimate of drug-likeness (QED) is 0.853. The van der Waals surface area contributed by atoms with Crippen LogP contribution in [0.3, 0.4) is 0 Å². The van der Waals surface area contributed by atoms with Gasteiger partial charge in [0.1, 0.15) is 0 Å². The van der Waals surface area contributed by atoms with E-state index in [-0.39, 0.29) is 0 Å². The van der Waals surface area contributed by atoms with Gasteiger partial charge >= 0.3 is 0 Å². The Morgan fingerprint density at radius 1 is 1.56 bits per heavy atom. The molecular formula is C13H21NOS. The van der Waals surface area contributed by atoms with E-state index in [0.717, 1.165) is 38.6 Å². The van der Waals surface area contributed by atoms with Gasteiger partial charge in [-0.25, -0.2) is 0 Å². The van der Waals surface area contributed by atoms with Gasteiger partial charge in [0.2, 0.25) is 0 Å². The fourth-order valence-corrected chi connectivity index (χ4v) is 3.14. The number of rotatable bonds is 5. The zero-order chi connectivity index (χ0) is 11.2. The molecule has 1 aromatic heterocycles. The molecule has 1 aromatic rings. The predicted octanol–water partition coefficient (Wildman–Crippen LogP) is 2.83. The van der Waals surface area contributed by atoms with Gasteiger partial charge < -0.3 is 10.1 Å². The van der Waals surface area contributed by atoms with Crippen LogP contribution in [0.1, 0.15) is 30.2 Å². The highest BCUT2D eigenvalue weighted by molar-refractivity contribution is 7.10. The van der Waals surface area contributed by atoms with Crippen LogP contribution in [0.2, 0.25) is 0 Å². The van der Waals surface area contributed by atoms with Crippen LogP contribution in [-0.2, 0) is 17.7 Å². The summed E-state index contributed by atoms with van der Waals surface area (Å²) >= 11 is 1.87. The Hall–Kier alpha value is -0.380. The molecule has 3 heteroatoms. The van der Waals surface area contributed by atoms with Gasteiger partial charge in [0.15, 0.2) is 0 Å². The molecule has 1 aliphatic heterocycles. The average Bonchev–Trinajstić information content (AvgIpc) is 2.78. The molecule has 0 radical (unpaired) electrons. The van der Waals surface area contributed by atoms with Crippen molar-refractivity contribution in [3.8, 4) is 0 Å². The molecule has 0 aromatic carbocycles. The van der Waals surface area contributed by atoms with Crippen molar-refractivity contribution < 1.29 is 4.74 Å². The molecule has 1 fully saturated rings. The number of aryl methyl sites for hydroxylation is 1. The Labute approximate surface area is 102 Å². The topological polar surface area (TPSA) is 21.3 Å². The zero-order valence-corrected chi connectivity index (χ0v) is 10.8. The van der Waals surface area contributed by atoms with Crippen molar-refractivity contribution in [2.24, 2.45) is 5.92 Å². The van der Waals surface area contributed by atoms with E-state index in [2.05, 4.69) is 23.7 Å². The lowest BCUT2D eigenvalue weighted by Gasteiger charge is -2.22. The molecule has 1 saturated heterocycles. The Balaban J connectivity index is 1.71. The minimum atomic E-state index is 0.721. The van der Waals surface area contributed by atoms with Gasteiger partial charge in [0.25, 0.3) is 0 Å². The normalized spacial score (nSPS) is 21.2. The highest BCUT2D eigenvalue weighted by Gasteiger charge is 2.13. The van der Waals surface area contributed by atoms with E-state index < -0.39 is 0 Å². The van der Waals surface area contributed by atoms with E-state index in [1.54, 1.807) is 0 Å². The van der Waals surface area contributed by atoms with Crippen LogP contribution in [0, 0.1) is 5.92 Å². The van der Waals surface area contributed by atoms with E-state index in [0.29, 0.717) is 0 Å². The first-order valence-corrected chi connectivity index (χ1v) is 7.11. The maximum Gasteiger partial charge on any atom is 0.0506 e. The highest BCUT2D eigenvalue weighted by atomic mass is 32.1. The smallest absolute Gasteiger partial charge is 0.0506 e. The monoisotopic (exact) mass is 239 g/mol. The summed E-state index contributed by atoms with van der Waals surface area (Å²) in [6.07, 6.45) is 3.69. The molecule has 0 bridgehead atoms. The van der Waals surface area contributed by atoms with Crippen molar-refractivity contribution >= 4 is 11.3 Å². The van der Waals surface area contributed by atoms with Crippen molar-refractivity contribution in [3.63, 3.8) is 0 Å². The van der Waals surface area contributed by atoms with Gasteiger partial charge in [-0.2, -0.15) is 0 Å². The molecule has 1 unspecified atom stereocenters. The molecule has 0 amide bonds. The molecule has 0 aliphatic carbocycles. The molecule has 1 aliphatic rings. The summed E-state index contributed by atoms with van der Waals surface area (Å²) in [5.41, 5.74) is 1.50. The van der Waals surface area contributed by atoms with Crippen LogP contribution >= 0.6 is 11.3 Å². The van der Waals surface area contributed by atoms with Crippen LogP contribution in [0.5, 0.6) is 0 Å². The largest absolute Gasteiger partial charge is 0.381 e. The third kappa shape index (κ3) is 3.30. The van der Waals surface area contributed by atoms with Crippen molar-refractivity contribution in [2.75, 3.05) is 19.8 Å². The third-order valence-electron chi connectivity index (χ3n) is 3.19. The standard InChI is InChI=1S/C13H21NOS/c1-2-12-5-7-16-13(12)9-14-8-11-4-3-6-15-10-11/h5,7,11,14H,2-4,6,8-10H2,1H3. The first-order chi connectivity index (χ1) is 7.90. The summed E-state index contributed by atoms with van der Waals surface area (Å²) in [5.74, 6) is 0.721. The fraction of sp³-hybridized carbons (Fsp3) is 0.692. The van der Waals surface area contributed by atoms with Crippen LogP contribution in [0.25, 0.3) is 0 Å². The van der Waals surface area contributed by atoms with Gasteiger partial charge in [-0.3, -0.25) is 0 Å². The minimum Gasteiger partial charge on any atom is -0.381 e. The average molecular weight is 239 g/mol. The van der Waals surface area contributed by atoms with Gasteiger partial charge in [0.05, 0.1) is 6.61 Å². The molecular weight excluding hydrogens is 218 g/mol. The van der Waals surface area contributed by atoms with E-state index in [4.69, 9.17) is 4.74 Å². The van der Waals surface area contributed by atoms with Crippen LogP contribution in [0.15, 0.2) is 11.4 Å². The first kappa shape index (κ1) is 12.1. The third-order valence-corrected chi connectivity index (χ3v) is 4.15. The predicted molar refractivity (Wildman–Crippen MR) is 68.9 cm³/mol. The molecule has 0 spiro atoms. The van der Waals surface area contributed by atoms with Crippen LogP contribution in [-0.4, -0.2) is 19.8 Å². The zero-order valence-electron chi connectivity index (χ0n) is 10.00. The maximum atomic E-state index is 5.48. The number of nitrogens with one attached hydrogen (secondary N) is 1. The summed E-state index contributed by atoms with van der Waals surface area (Å²) < 4.78 is 5.48. The van der Waals surface area contributed by atoms with Gasteiger partial charge in [0, 0.05) is 24.6 Å². The van der Waals surface area contributed by atoms with Gasteiger partial charge in [-0.15, -0.1) is 11.3 Å². The lowest BCUT2D eigenvalue weighted by molar-refractivity contribution is 0.0548. The van der Waals surface area contributed by atoms with Crippen molar-refractivity contribution in [1.29, 1.82) is 0 Å². The molecule has 2 rings (SSSR count). The highest BCUT2D eigenvalue weighted by Crippen LogP contribution is 2.17. The Bertz CT molecular complexity index is 305. The summed E-state index contributed by atoms with van der Waals surface area (Å²) in [5, 5.41) is 5.76. The minimum absolute atomic E-state index is 0.721. The molecule has 1 atom stereocenters. The second-order valence-corrected chi connectivity index (χ2v) is 5.44. The van der Waals surface area contributed by atoms with Crippen molar-refractivity contribution in [2.45, 2.75) is 32.7 Å². The first-order valence-electron chi connectivity index (χ1n) is 6.24. The van der Waals surface area contributed by atoms with Crippen molar-refractivity contribution in [3.05, 3.63) is 21.9 Å². The molecule has 0 saturated carbocycles. The number of hydrogen-bond acceptors (Lipinski definition) is 3. The van der Waals surface area contributed by atoms with E-state index in [1.165, 1.54) is 23.3 Å². The Morgan fingerprint density at radius 3 is 3.25 bits per heavy atom. The Kier molecular flexibility index (Phi) is 4.82. The van der Waals surface area contributed by atoms with E-state index in [9.17, 15) is 0 Å². The summed E-state index contributed by atoms with van der Waals surface area (Å²) in [4.78, 5) is 1.50. The maximum absolute atomic E-state index is 5.48. The summed E-state index contributed by atoms with van der Waals surface area (Å²) in [6.45, 7) is 6.25. The number of ether oxygens (including phenoxy) is 1. The van der Waals surface area contributed by atoms with Crippen LogP contribution in [0.4, 0.5) is 0 Å². The van der Waals surface area contributed by atoms with Gasteiger partial charge in [-0.1, -0.05) is 6.92 Å². The lowest BCUT2D eigenvalue weighted by Crippen LogP contribution is -2.28. The Morgan fingerprint density at radius 2 is 2.50 bits per heavy atom. The van der Waals surface area contributed by atoms with E-state index >= 15 is 0 Å². The van der Waals surface area contributed by atoms with Gasteiger partial charge in [-0.05, 0) is 42.2 Å². The fourth-order valence-electron chi connectivity index (χ4n) is 2.20. The molecule has 90 valence electrons. The number of hydrogen-bond donors (Lipinski definition) is 1. The molecule has 16 heavy (non-hydrogen) atoms. The van der Waals surface area contributed by atoms with Crippen molar-refractivity contribution in [1.82, 2.24) is 5.32 Å². The lowest BCUT2D eigenvalue weighted by atomic mass is 10.0. The second kappa shape index (κ2) is 6.38. The molecule has 2 heterocycles. The second-order valence-electron chi connectivity index (χ2n) is 4.44. The molecule has 2 nitrogen and oxygen atoms in total. The van der Waals surface area contributed by atoms with E-state index in [1.807, 2.05) is 11.3 Å². The SMILES string of the molecule is CCc1ccsc1CNCC1CCCOC1. The summed E-state index contributed by atoms with van der Waals surface area (Å²) in [7, 11) is 0. The summed E-state index contributed by atoms with van der Waals surface area (Å²) in [6, 6.07) is 2.24. The van der Waals surface area contributed by atoms with Crippen LogP contribution < -0.4 is 5.32 Å². The molecule has 1 N–H and O–H groups in total. The number of thiophene rings is 1.